The molecule has 0 radical (unpaired) electrons. The van der Waals surface area contributed by atoms with E-state index in [-0.39, 0.29) is 0 Å². The van der Waals surface area contributed by atoms with Crippen LogP contribution in [0.25, 0.3) is 5.57 Å². The first kappa shape index (κ1) is 11.0. The van der Waals surface area contributed by atoms with Crippen LogP contribution in [0.2, 0.25) is 0 Å². The SMILES string of the molecule is C=C(C)c1ccc(C(C)C)c(CC)c1. The molecule has 0 aliphatic carbocycles. The van der Waals surface area contributed by atoms with Gasteiger partial charge >= 0.3 is 0 Å². The van der Waals surface area contributed by atoms with E-state index in [1.165, 1.54) is 16.7 Å². The minimum absolute atomic E-state index is 0.615. The molecule has 0 amide bonds. The zero-order valence-electron chi connectivity index (χ0n) is 9.72. The molecule has 0 atom stereocenters. The minimum atomic E-state index is 0.615. The highest BCUT2D eigenvalue weighted by atomic mass is 14.1. The van der Waals surface area contributed by atoms with Crippen molar-refractivity contribution in [2.45, 2.75) is 40.0 Å². The van der Waals surface area contributed by atoms with Gasteiger partial charge in [0, 0.05) is 0 Å². The van der Waals surface area contributed by atoms with Gasteiger partial charge in [-0.15, -0.1) is 0 Å². The number of aryl methyl sites for hydroxylation is 1. The van der Waals surface area contributed by atoms with Gasteiger partial charge in [-0.25, -0.2) is 0 Å². The van der Waals surface area contributed by atoms with Crippen molar-refractivity contribution in [1.82, 2.24) is 0 Å². The van der Waals surface area contributed by atoms with Gasteiger partial charge in [0.1, 0.15) is 0 Å². The number of hydrogen-bond acceptors (Lipinski definition) is 0. The first-order valence-corrected chi connectivity index (χ1v) is 5.35. The Labute approximate surface area is 87.7 Å². The summed E-state index contributed by atoms with van der Waals surface area (Å²) in [4.78, 5) is 0. The molecule has 0 fully saturated rings. The fourth-order valence-electron chi connectivity index (χ4n) is 1.74. The van der Waals surface area contributed by atoms with Gasteiger partial charge < -0.3 is 0 Å². The normalized spacial score (nSPS) is 10.6. The summed E-state index contributed by atoms with van der Waals surface area (Å²) < 4.78 is 0. The third-order valence-electron chi connectivity index (χ3n) is 2.64. The van der Waals surface area contributed by atoms with E-state index in [4.69, 9.17) is 0 Å². The fraction of sp³-hybridized carbons (Fsp3) is 0.429. The monoisotopic (exact) mass is 188 g/mol. The predicted octanol–water partition coefficient (Wildman–Crippen LogP) is 4.41. The summed E-state index contributed by atoms with van der Waals surface area (Å²) in [7, 11) is 0. The standard InChI is InChI=1S/C14H20/c1-6-12-9-13(10(2)3)7-8-14(12)11(4)5/h7-9,11H,2,6H2,1,3-5H3. The molecule has 0 N–H and O–H groups in total. The smallest absolute Gasteiger partial charge is 0.0216 e. The largest absolute Gasteiger partial charge is 0.0955 e. The van der Waals surface area contributed by atoms with Gasteiger partial charge in [0.05, 0.1) is 0 Å². The first-order chi connectivity index (χ1) is 6.56. The zero-order chi connectivity index (χ0) is 10.7. The maximum absolute atomic E-state index is 3.98. The van der Waals surface area contributed by atoms with Crippen molar-refractivity contribution >= 4 is 5.57 Å². The second-order valence-electron chi connectivity index (χ2n) is 4.20. The molecule has 0 saturated heterocycles. The maximum Gasteiger partial charge on any atom is -0.0216 e. The van der Waals surface area contributed by atoms with E-state index in [9.17, 15) is 0 Å². The molecule has 76 valence electrons. The highest BCUT2D eigenvalue weighted by molar-refractivity contribution is 5.62. The quantitative estimate of drug-likeness (QED) is 0.659. The summed E-state index contributed by atoms with van der Waals surface area (Å²) in [5.74, 6) is 0.615. The van der Waals surface area contributed by atoms with Gasteiger partial charge in [-0.3, -0.25) is 0 Å². The van der Waals surface area contributed by atoms with Gasteiger partial charge in [-0.2, -0.15) is 0 Å². The molecule has 0 heterocycles. The Morgan fingerprint density at radius 2 is 2.00 bits per heavy atom. The molecule has 1 aromatic carbocycles. The summed E-state index contributed by atoms with van der Waals surface area (Å²) in [6.45, 7) is 12.7. The van der Waals surface area contributed by atoms with Gasteiger partial charge in [0.25, 0.3) is 0 Å². The molecule has 0 aromatic heterocycles. The summed E-state index contributed by atoms with van der Waals surface area (Å²) in [6, 6.07) is 6.70. The average molecular weight is 188 g/mol. The van der Waals surface area contributed by atoms with E-state index in [0.29, 0.717) is 5.92 Å². The molecule has 0 saturated carbocycles. The van der Waals surface area contributed by atoms with Crippen LogP contribution >= 0.6 is 0 Å². The third-order valence-corrected chi connectivity index (χ3v) is 2.64. The van der Waals surface area contributed by atoms with Crippen LogP contribution in [0, 0.1) is 0 Å². The topological polar surface area (TPSA) is 0 Å². The van der Waals surface area contributed by atoms with Gasteiger partial charge in [-0.05, 0) is 36.0 Å². The van der Waals surface area contributed by atoms with Gasteiger partial charge in [0.15, 0.2) is 0 Å². The fourth-order valence-corrected chi connectivity index (χ4v) is 1.74. The minimum Gasteiger partial charge on any atom is -0.0955 e. The van der Waals surface area contributed by atoms with Gasteiger partial charge in [-0.1, -0.05) is 51.1 Å². The van der Waals surface area contributed by atoms with Crippen LogP contribution in [0.5, 0.6) is 0 Å². The van der Waals surface area contributed by atoms with Crippen LogP contribution in [-0.2, 0) is 6.42 Å². The molecule has 1 rings (SSSR count). The lowest BCUT2D eigenvalue weighted by Crippen LogP contribution is -1.96. The summed E-state index contributed by atoms with van der Waals surface area (Å²) >= 11 is 0. The number of hydrogen-bond donors (Lipinski definition) is 0. The van der Waals surface area contributed by atoms with Crippen molar-refractivity contribution in [1.29, 1.82) is 0 Å². The summed E-state index contributed by atoms with van der Waals surface area (Å²) in [5, 5.41) is 0. The van der Waals surface area contributed by atoms with Crippen molar-refractivity contribution in [3.8, 4) is 0 Å². The van der Waals surface area contributed by atoms with Crippen molar-refractivity contribution in [2.24, 2.45) is 0 Å². The number of rotatable bonds is 3. The molecule has 0 heteroatoms. The molecule has 0 bridgehead atoms. The second kappa shape index (κ2) is 4.45. The Hall–Kier alpha value is -1.04. The van der Waals surface area contributed by atoms with E-state index in [2.05, 4.69) is 52.5 Å². The van der Waals surface area contributed by atoms with E-state index in [1.807, 2.05) is 0 Å². The molecule has 0 unspecified atom stereocenters. The molecular formula is C14H20. The predicted molar refractivity (Wildman–Crippen MR) is 64.6 cm³/mol. The molecule has 14 heavy (non-hydrogen) atoms. The summed E-state index contributed by atoms with van der Waals surface area (Å²) in [5.41, 5.74) is 5.35. The molecule has 0 aliphatic heterocycles. The number of allylic oxidation sites excluding steroid dienone is 1. The lowest BCUT2D eigenvalue weighted by Gasteiger charge is -2.13. The Morgan fingerprint density at radius 1 is 1.36 bits per heavy atom. The lowest BCUT2D eigenvalue weighted by molar-refractivity contribution is 0.844. The van der Waals surface area contributed by atoms with E-state index in [0.717, 1.165) is 12.0 Å². The molecule has 1 aromatic rings. The molecule has 0 nitrogen and oxygen atoms in total. The molecular weight excluding hydrogens is 168 g/mol. The Morgan fingerprint density at radius 3 is 2.43 bits per heavy atom. The second-order valence-corrected chi connectivity index (χ2v) is 4.20. The van der Waals surface area contributed by atoms with Crippen molar-refractivity contribution < 1.29 is 0 Å². The zero-order valence-corrected chi connectivity index (χ0v) is 9.72. The van der Waals surface area contributed by atoms with Crippen molar-refractivity contribution in [3.05, 3.63) is 41.5 Å². The van der Waals surface area contributed by atoms with Crippen LogP contribution in [0.4, 0.5) is 0 Å². The Bertz CT molecular complexity index is 332. The average Bonchev–Trinajstić information content (AvgIpc) is 2.16. The highest BCUT2D eigenvalue weighted by Gasteiger charge is 2.06. The van der Waals surface area contributed by atoms with Gasteiger partial charge in [0.2, 0.25) is 0 Å². The van der Waals surface area contributed by atoms with E-state index >= 15 is 0 Å². The Balaban J connectivity index is 3.18. The van der Waals surface area contributed by atoms with Crippen LogP contribution < -0.4 is 0 Å². The first-order valence-electron chi connectivity index (χ1n) is 5.35. The molecule has 0 aliphatic rings. The number of benzene rings is 1. The van der Waals surface area contributed by atoms with E-state index < -0.39 is 0 Å². The molecule has 0 spiro atoms. The lowest BCUT2D eigenvalue weighted by atomic mass is 9.92. The Kier molecular flexibility index (Phi) is 3.51. The third kappa shape index (κ3) is 2.25. The summed E-state index contributed by atoms with van der Waals surface area (Å²) in [6.07, 6.45) is 1.11. The highest BCUT2D eigenvalue weighted by Crippen LogP contribution is 2.23. The maximum atomic E-state index is 3.98. The van der Waals surface area contributed by atoms with Crippen LogP contribution in [0.1, 0.15) is 50.3 Å². The van der Waals surface area contributed by atoms with E-state index in [1.54, 1.807) is 0 Å². The van der Waals surface area contributed by atoms with Crippen molar-refractivity contribution in [2.75, 3.05) is 0 Å². The van der Waals surface area contributed by atoms with Crippen LogP contribution in [0.3, 0.4) is 0 Å². The van der Waals surface area contributed by atoms with Crippen LogP contribution in [-0.4, -0.2) is 0 Å². The van der Waals surface area contributed by atoms with Crippen molar-refractivity contribution in [3.63, 3.8) is 0 Å². The van der Waals surface area contributed by atoms with Crippen LogP contribution in [0.15, 0.2) is 24.8 Å².